The zero-order valence-electron chi connectivity index (χ0n) is 14.4. The molecule has 1 saturated heterocycles. The van der Waals surface area contributed by atoms with Gasteiger partial charge in [-0.05, 0) is 48.2 Å². The summed E-state index contributed by atoms with van der Waals surface area (Å²) in [4.78, 5) is 24.5. The van der Waals surface area contributed by atoms with E-state index in [-0.39, 0.29) is 5.91 Å². The third-order valence-electron chi connectivity index (χ3n) is 4.78. The van der Waals surface area contributed by atoms with Crippen molar-refractivity contribution in [3.05, 3.63) is 59.9 Å². The molecule has 0 saturated carbocycles. The van der Waals surface area contributed by atoms with Gasteiger partial charge >= 0.3 is 0 Å². The number of nitrogens with one attached hydrogen (secondary N) is 1. The maximum atomic E-state index is 12.6. The molecule has 5 nitrogen and oxygen atoms in total. The van der Waals surface area contributed by atoms with Crippen molar-refractivity contribution in [3.8, 4) is 0 Å². The molecule has 1 N–H and O–H groups in total. The van der Waals surface area contributed by atoms with Crippen LogP contribution >= 0.6 is 0 Å². The summed E-state index contributed by atoms with van der Waals surface area (Å²) in [6.07, 6.45) is 2.27. The number of pyridine rings is 1. The molecule has 1 fully saturated rings. The smallest absolute Gasteiger partial charge is 0.227 e. The number of aromatic amines is 1. The number of benzene rings is 1. The second kappa shape index (κ2) is 6.59. The molecule has 0 radical (unpaired) electrons. The van der Waals surface area contributed by atoms with Crippen LogP contribution in [0.15, 0.2) is 48.7 Å². The molecular weight excluding hydrogens is 312 g/mol. The minimum atomic E-state index is 0.201. The third-order valence-corrected chi connectivity index (χ3v) is 4.78. The Morgan fingerprint density at radius 2 is 1.96 bits per heavy atom. The van der Waals surface area contributed by atoms with Crippen LogP contribution in [0, 0.1) is 6.92 Å². The number of H-pyrrole nitrogens is 1. The maximum Gasteiger partial charge on any atom is 0.227 e. The van der Waals surface area contributed by atoms with Crippen molar-refractivity contribution in [1.82, 2.24) is 14.9 Å². The van der Waals surface area contributed by atoms with Gasteiger partial charge in [0.2, 0.25) is 5.91 Å². The van der Waals surface area contributed by atoms with Crippen molar-refractivity contribution in [2.24, 2.45) is 0 Å². The summed E-state index contributed by atoms with van der Waals surface area (Å²) in [5.41, 5.74) is 3.34. The zero-order valence-corrected chi connectivity index (χ0v) is 14.4. The van der Waals surface area contributed by atoms with Crippen molar-refractivity contribution in [2.75, 3.05) is 31.1 Å². The molecule has 1 aromatic carbocycles. The summed E-state index contributed by atoms with van der Waals surface area (Å²) in [5, 5.41) is 1.17. The molecule has 1 amide bonds. The van der Waals surface area contributed by atoms with Crippen molar-refractivity contribution in [3.63, 3.8) is 0 Å². The van der Waals surface area contributed by atoms with Gasteiger partial charge in [-0.3, -0.25) is 4.79 Å². The molecule has 3 heterocycles. The number of anilines is 1. The zero-order chi connectivity index (χ0) is 17.2. The highest BCUT2D eigenvalue weighted by atomic mass is 16.2. The second-order valence-electron chi connectivity index (χ2n) is 6.61. The van der Waals surface area contributed by atoms with E-state index in [0.717, 1.165) is 48.8 Å². The third kappa shape index (κ3) is 3.36. The monoisotopic (exact) mass is 334 g/mol. The van der Waals surface area contributed by atoms with Gasteiger partial charge in [0.25, 0.3) is 0 Å². The lowest BCUT2D eigenvalue weighted by Gasteiger charge is -2.35. The van der Waals surface area contributed by atoms with Gasteiger partial charge in [0, 0.05) is 43.6 Å². The van der Waals surface area contributed by atoms with Gasteiger partial charge in [0.05, 0.1) is 6.42 Å². The number of piperazine rings is 1. The largest absolute Gasteiger partial charge is 0.359 e. The minimum Gasteiger partial charge on any atom is -0.359 e. The number of rotatable bonds is 3. The molecule has 2 aromatic heterocycles. The second-order valence-corrected chi connectivity index (χ2v) is 6.61. The van der Waals surface area contributed by atoms with Crippen molar-refractivity contribution < 1.29 is 4.79 Å². The summed E-state index contributed by atoms with van der Waals surface area (Å²) in [5.74, 6) is 1.19. The van der Waals surface area contributed by atoms with E-state index in [2.05, 4.69) is 33.1 Å². The quantitative estimate of drug-likeness (QED) is 0.801. The van der Waals surface area contributed by atoms with Crippen LogP contribution in [0.4, 0.5) is 5.82 Å². The number of nitrogens with zero attached hydrogens (tertiary/aromatic N) is 3. The number of aromatic nitrogens is 2. The average molecular weight is 334 g/mol. The molecule has 1 aliphatic heterocycles. The van der Waals surface area contributed by atoms with Gasteiger partial charge in [0.1, 0.15) is 5.82 Å². The van der Waals surface area contributed by atoms with Gasteiger partial charge in [-0.1, -0.05) is 12.1 Å². The molecule has 25 heavy (non-hydrogen) atoms. The van der Waals surface area contributed by atoms with Crippen LogP contribution in [0.25, 0.3) is 10.9 Å². The Labute approximate surface area is 147 Å². The van der Waals surface area contributed by atoms with Gasteiger partial charge in [-0.15, -0.1) is 0 Å². The Balaban J connectivity index is 1.38. The van der Waals surface area contributed by atoms with Crippen molar-refractivity contribution in [2.45, 2.75) is 13.3 Å². The molecule has 0 atom stereocenters. The van der Waals surface area contributed by atoms with E-state index in [1.54, 1.807) is 0 Å². The maximum absolute atomic E-state index is 12.6. The number of fused-ring (bicyclic) bond motifs is 1. The van der Waals surface area contributed by atoms with Crippen LogP contribution in [-0.4, -0.2) is 47.0 Å². The molecule has 5 heteroatoms. The molecule has 0 bridgehead atoms. The predicted octanol–water partition coefficient (Wildman–Crippen LogP) is 2.76. The average Bonchev–Trinajstić information content (AvgIpc) is 3.02. The number of amides is 1. The molecule has 1 aliphatic rings. The Morgan fingerprint density at radius 1 is 1.12 bits per heavy atom. The van der Waals surface area contributed by atoms with Crippen LogP contribution in [0.5, 0.6) is 0 Å². The lowest BCUT2D eigenvalue weighted by molar-refractivity contribution is -0.130. The van der Waals surface area contributed by atoms with Crippen LogP contribution in [0.2, 0.25) is 0 Å². The van der Waals surface area contributed by atoms with Gasteiger partial charge < -0.3 is 14.8 Å². The molecule has 4 rings (SSSR count). The fraction of sp³-hybridized carbons (Fsp3) is 0.300. The molecule has 3 aromatic rings. The Kier molecular flexibility index (Phi) is 4.14. The number of hydrogen-bond donors (Lipinski definition) is 1. The first-order valence-electron chi connectivity index (χ1n) is 8.71. The first-order chi connectivity index (χ1) is 12.2. The normalized spacial score (nSPS) is 14.9. The van der Waals surface area contributed by atoms with Gasteiger partial charge in [-0.25, -0.2) is 4.98 Å². The Morgan fingerprint density at radius 3 is 2.72 bits per heavy atom. The lowest BCUT2D eigenvalue weighted by Crippen LogP contribution is -2.49. The highest BCUT2D eigenvalue weighted by Gasteiger charge is 2.21. The van der Waals surface area contributed by atoms with E-state index in [0.29, 0.717) is 6.42 Å². The molecule has 0 unspecified atom stereocenters. The van der Waals surface area contributed by atoms with Crippen LogP contribution in [0.3, 0.4) is 0 Å². The van der Waals surface area contributed by atoms with E-state index in [1.165, 1.54) is 5.39 Å². The van der Waals surface area contributed by atoms with E-state index in [9.17, 15) is 4.79 Å². The standard InChI is InChI=1S/C20H22N4O/c1-15-12-17-13-16(5-6-18(17)22-15)14-20(25)24-10-8-23(9-11-24)19-4-2-3-7-21-19/h2-7,12-13,22H,8-11,14H2,1H3. The molecule has 0 spiro atoms. The highest BCUT2D eigenvalue weighted by molar-refractivity contribution is 5.84. The van der Waals surface area contributed by atoms with Crippen molar-refractivity contribution >= 4 is 22.6 Å². The first-order valence-corrected chi connectivity index (χ1v) is 8.71. The van der Waals surface area contributed by atoms with E-state index in [1.807, 2.05) is 42.3 Å². The van der Waals surface area contributed by atoms with Crippen LogP contribution in [0.1, 0.15) is 11.3 Å². The number of carbonyl (C=O) groups is 1. The number of aryl methyl sites for hydroxylation is 1. The van der Waals surface area contributed by atoms with E-state index in [4.69, 9.17) is 0 Å². The Bertz CT molecular complexity index is 879. The Hall–Kier alpha value is -2.82. The molecular formula is C20H22N4O. The first kappa shape index (κ1) is 15.7. The number of carbonyl (C=O) groups excluding carboxylic acids is 1. The lowest BCUT2D eigenvalue weighted by atomic mass is 10.1. The van der Waals surface area contributed by atoms with E-state index >= 15 is 0 Å². The fourth-order valence-electron chi connectivity index (χ4n) is 3.45. The SMILES string of the molecule is Cc1cc2cc(CC(=O)N3CCN(c4ccccn4)CC3)ccc2[nH]1. The fourth-order valence-corrected chi connectivity index (χ4v) is 3.45. The number of hydrogen-bond acceptors (Lipinski definition) is 3. The summed E-state index contributed by atoms with van der Waals surface area (Å²) < 4.78 is 0. The van der Waals surface area contributed by atoms with Crippen LogP contribution < -0.4 is 4.90 Å². The summed E-state index contributed by atoms with van der Waals surface area (Å²) in [6.45, 7) is 5.21. The van der Waals surface area contributed by atoms with Gasteiger partial charge in [0.15, 0.2) is 0 Å². The molecule has 0 aliphatic carbocycles. The minimum absolute atomic E-state index is 0.201. The summed E-state index contributed by atoms with van der Waals surface area (Å²) >= 11 is 0. The topological polar surface area (TPSA) is 52.2 Å². The summed E-state index contributed by atoms with van der Waals surface area (Å²) in [6, 6.07) is 14.3. The molecule has 128 valence electrons. The van der Waals surface area contributed by atoms with Crippen molar-refractivity contribution in [1.29, 1.82) is 0 Å². The van der Waals surface area contributed by atoms with E-state index < -0.39 is 0 Å². The predicted molar refractivity (Wildman–Crippen MR) is 99.8 cm³/mol. The van der Waals surface area contributed by atoms with Gasteiger partial charge in [-0.2, -0.15) is 0 Å². The highest BCUT2D eigenvalue weighted by Crippen LogP contribution is 2.18. The van der Waals surface area contributed by atoms with Crippen LogP contribution in [-0.2, 0) is 11.2 Å². The summed E-state index contributed by atoms with van der Waals surface area (Å²) in [7, 11) is 0.